The van der Waals surface area contributed by atoms with Crippen molar-refractivity contribution in [3.05, 3.63) is 30.1 Å². The first-order valence-corrected chi connectivity index (χ1v) is 6.69. The van der Waals surface area contributed by atoms with Crippen LogP contribution < -0.4 is 16.4 Å². The molecule has 0 spiro atoms. The Bertz CT molecular complexity index is 434. The third-order valence-corrected chi connectivity index (χ3v) is 2.90. The van der Waals surface area contributed by atoms with Crippen molar-refractivity contribution in [1.82, 2.24) is 15.6 Å². The molecule has 1 aromatic heterocycles. The molecule has 0 saturated heterocycles. The Morgan fingerprint density at radius 2 is 2.10 bits per heavy atom. The summed E-state index contributed by atoms with van der Waals surface area (Å²) in [7, 11) is 0. The highest BCUT2D eigenvalue weighted by Gasteiger charge is 2.17. The van der Waals surface area contributed by atoms with Gasteiger partial charge in [-0.3, -0.25) is 14.6 Å². The van der Waals surface area contributed by atoms with E-state index >= 15 is 0 Å². The topological polar surface area (TPSA) is 97.1 Å². The van der Waals surface area contributed by atoms with Crippen molar-refractivity contribution in [2.45, 2.75) is 26.3 Å². The van der Waals surface area contributed by atoms with E-state index in [1.807, 2.05) is 26.0 Å². The largest absolute Gasteiger partial charge is 0.354 e. The van der Waals surface area contributed by atoms with E-state index in [9.17, 15) is 9.59 Å². The quantitative estimate of drug-likeness (QED) is 0.645. The Hall–Kier alpha value is -1.95. The Kier molecular flexibility index (Phi) is 6.66. The first-order valence-electron chi connectivity index (χ1n) is 6.69. The van der Waals surface area contributed by atoms with Crippen molar-refractivity contribution in [2.75, 3.05) is 13.1 Å². The van der Waals surface area contributed by atoms with Gasteiger partial charge in [-0.05, 0) is 24.0 Å². The van der Waals surface area contributed by atoms with Crippen LogP contribution in [-0.2, 0) is 16.0 Å². The summed E-state index contributed by atoms with van der Waals surface area (Å²) in [5, 5.41) is 5.26. The lowest BCUT2D eigenvalue weighted by Gasteiger charge is -2.15. The van der Waals surface area contributed by atoms with Crippen molar-refractivity contribution in [3.63, 3.8) is 0 Å². The number of nitrogens with two attached hydrogens (primary N) is 1. The fourth-order valence-electron chi connectivity index (χ4n) is 1.54. The fraction of sp³-hybridized carbons (Fsp3) is 0.500. The fourth-order valence-corrected chi connectivity index (χ4v) is 1.54. The molecule has 20 heavy (non-hydrogen) atoms. The Morgan fingerprint density at radius 1 is 1.35 bits per heavy atom. The molecule has 0 aliphatic rings. The molecule has 0 aliphatic heterocycles. The van der Waals surface area contributed by atoms with Gasteiger partial charge in [-0.2, -0.15) is 0 Å². The van der Waals surface area contributed by atoms with Gasteiger partial charge in [0.25, 0.3) is 0 Å². The number of nitrogens with zero attached hydrogens (tertiary/aromatic N) is 1. The number of hydrogen-bond acceptors (Lipinski definition) is 4. The van der Waals surface area contributed by atoms with E-state index in [-0.39, 0.29) is 24.3 Å². The summed E-state index contributed by atoms with van der Waals surface area (Å²) in [5.74, 6) is -0.482. The molecule has 6 heteroatoms. The van der Waals surface area contributed by atoms with Crippen LogP contribution in [0, 0.1) is 5.92 Å². The van der Waals surface area contributed by atoms with Gasteiger partial charge in [0.2, 0.25) is 11.8 Å². The minimum Gasteiger partial charge on any atom is -0.354 e. The number of carbonyl (C=O) groups is 2. The molecule has 0 bridgehead atoms. The molecular formula is C14H22N4O2. The maximum atomic E-state index is 11.6. The molecule has 1 rings (SSSR count). The average Bonchev–Trinajstić information content (AvgIpc) is 2.45. The smallest absolute Gasteiger partial charge is 0.239 e. The molecule has 1 aromatic rings. The summed E-state index contributed by atoms with van der Waals surface area (Å²) in [6, 6.07) is 3.21. The Morgan fingerprint density at radius 3 is 2.70 bits per heavy atom. The second-order valence-electron chi connectivity index (χ2n) is 4.95. The summed E-state index contributed by atoms with van der Waals surface area (Å²) < 4.78 is 0. The molecule has 0 fully saturated rings. The van der Waals surface area contributed by atoms with Crippen molar-refractivity contribution >= 4 is 11.8 Å². The molecular weight excluding hydrogens is 256 g/mol. The summed E-state index contributed by atoms with van der Waals surface area (Å²) in [6.07, 6.45) is 4.17. The number of pyridine rings is 1. The van der Waals surface area contributed by atoms with Crippen LogP contribution >= 0.6 is 0 Å². The van der Waals surface area contributed by atoms with Crippen LogP contribution in [0.15, 0.2) is 24.5 Å². The van der Waals surface area contributed by atoms with Gasteiger partial charge in [0.1, 0.15) is 0 Å². The lowest BCUT2D eigenvalue weighted by molar-refractivity contribution is -0.127. The third-order valence-electron chi connectivity index (χ3n) is 2.90. The molecule has 0 aromatic carbocycles. The lowest BCUT2D eigenvalue weighted by atomic mass is 10.1. The van der Waals surface area contributed by atoms with E-state index in [0.717, 1.165) is 5.56 Å². The van der Waals surface area contributed by atoms with Crippen molar-refractivity contribution < 1.29 is 9.59 Å². The number of aromatic nitrogens is 1. The van der Waals surface area contributed by atoms with E-state index in [0.29, 0.717) is 13.0 Å². The number of hydrogen-bond donors (Lipinski definition) is 3. The molecule has 110 valence electrons. The Balaban J connectivity index is 2.19. The highest BCUT2D eigenvalue weighted by molar-refractivity contribution is 5.87. The maximum absolute atomic E-state index is 11.6. The number of nitrogens with one attached hydrogen (secondary N) is 2. The summed E-state index contributed by atoms with van der Waals surface area (Å²) >= 11 is 0. The monoisotopic (exact) mass is 278 g/mol. The highest BCUT2D eigenvalue weighted by atomic mass is 16.2. The lowest BCUT2D eigenvalue weighted by Crippen LogP contribution is -2.47. The standard InChI is InChI=1S/C14H22N4O2/c1-10(2)13(15)14(20)18-9-12(19)17-7-5-11-4-3-6-16-8-11/h3-4,6,8,10,13H,5,7,9,15H2,1-2H3,(H,17,19)(H,18,20)/t13-/m0/s1. The van der Waals surface area contributed by atoms with E-state index in [4.69, 9.17) is 5.73 Å². The van der Waals surface area contributed by atoms with Gasteiger partial charge >= 0.3 is 0 Å². The molecule has 2 amide bonds. The summed E-state index contributed by atoms with van der Waals surface area (Å²) in [4.78, 5) is 27.1. The molecule has 0 radical (unpaired) electrons. The Labute approximate surface area is 119 Å². The van der Waals surface area contributed by atoms with Crippen LogP contribution in [0.3, 0.4) is 0 Å². The molecule has 1 heterocycles. The van der Waals surface area contributed by atoms with E-state index in [1.165, 1.54) is 0 Å². The number of rotatable bonds is 7. The predicted octanol–water partition coefficient (Wildman–Crippen LogP) is -0.160. The highest BCUT2D eigenvalue weighted by Crippen LogP contribution is 1.97. The van der Waals surface area contributed by atoms with E-state index in [1.54, 1.807) is 12.4 Å². The van der Waals surface area contributed by atoms with Gasteiger partial charge in [0, 0.05) is 18.9 Å². The summed E-state index contributed by atoms with van der Waals surface area (Å²) in [6.45, 7) is 4.18. The van der Waals surface area contributed by atoms with Crippen LogP contribution in [0.2, 0.25) is 0 Å². The van der Waals surface area contributed by atoms with Gasteiger partial charge in [0.05, 0.1) is 12.6 Å². The zero-order valence-corrected chi connectivity index (χ0v) is 11.9. The molecule has 4 N–H and O–H groups in total. The SMILES string of the molecule is CC(C)[C@H](N)C(=O)NCC(=O)NCCc1cccnc1. The predicted molar refractivity (Wildman–Crippen MR) is 76.8 cm³/mol. The maximum Gasteiger partial charge on any atom is 0.239 e. The zero-order chi connectivity index (χ0) is 15.0. The van der Waals surface area contributed by atoms with Crippen LogP contribution in [0.1, 0.15) is 19.4 Å². The minimum atomic E-state index is -0.585. The van der Waals surface area contributed by atoms with Gasteiger partial charge < -0.3 is 16.4 Å². The van der Waals surface area contributed by atoms with Crippen LogP contribution in [0.25, 0.3) is 0 Å². The summed E-state index contributed by atoms with van der Waals surface area (Å²) in [5.41, 5.74) is 6.73. The molecule has 1 atom stereocenters. The third kappa shape index (κ3) is 5.79. The molecule has 0 aliphatic carbocycles. The second-order valence-corrected chi connectivity index (χ2v) is 4.95. The van der Waals surface area contributed by atoms with Crippen LogP contribution in [0.4, 0.5) is 0 Å². The number of amides is 2. The van der Waals surface area contributed by atoms with Crippen molar-refractivity contribution in [1.29, 1.82) is 0 Å². The first kappa shape index (κ1) is 16.1. The second kappa shape index (κ2) is 8.27. The zero-order valence-electron chi connectivity index (χ0n) is 11.9. The van der Waals surface area contributed by atoms with Crippen LogP contribution in [-0.4, -0.2) is 35.9 Å². The minimum absolute atomic E-state index is 0.0450. The van der Waals surface area contributed by atoms with E-state index < -0.39 is 6.04 Å². The van der Waals surface area contributed by atoms with Gasteiger partial charge in [-0.15, -0.1) is 0 Å². The van der Waals surface area contributed by atoms with Gasteiger partial charge in [-0.25, -0.2) is 0 Å². The van der Waals surface area contributed by atoms with Gasteiger partial charge in [-0.1, -0.05) is 19.9 Å². The number of carbonyl (C=O) groups excluding carboxylic acids is 2. The van der Waals surface area contributed by atoms with Crippen molar-refractivity contribution in [3.8, 4) is 0 Å². The molecule has 0 unspecified atom stereocenters. The van der Waals surface area contributed by atoms with Crippen molar-refractivity contribution in [2.24, 2.45) is 11.7 Å². The molecule has 0 saturated carbocycles. The van der Waals surface area contributed by atoms with E-state index in [2.05, 4.69) is 15.6 Å². The normalized spacial score (nSPS) is 12.0. The first-order chi connectivity index (χ1) is 9.50. The molecule has 6 nitrogen and oxygen atoms in total. The average molecular weight is 278 g/mol. The van der Waals surface area contributed by atoms with Crippen LogP contribution in [0.5, 0.6) is 0 Å². The van der Waals surface area contributed by atoms with Gasteiger partial charge in [0.15, 0.2) is 0 Å².